The lowest BCUT2D eigenvalue weighted by Gasteiger charge is -2.11. The Kier molecular flexibility index (Phi) is 4.49. The number of esters is 1. The van der Waals surface area contributed by atoms with Crippen molar-refractivity contribution < 1.29 is 9.53 Å². The summed E-state index contributed by atoms with van der Waals surface area (Å²) in [5, 5.41) is 4.21. The standard InChI is InChI=1S/C22H17N3O2/c1-27-21(26)16-11-13-17(14-12-16)23-22-24-19-10-6-5-9-18(19)20(25-22)15-7-3-2-4-8-15/h2-14H,1H3,(H,23,24,25). The van der Waals surface area contributed by atoms with Crippen LogP contribution in [0, 0.1) is 0 Å². The van der Waals surface area contributed by atoms with E-state index in [0.717, 1.165) is 27.8 Å². The predicted octanol–water partition coefficient (Wildman–Crippen LogP) is 4.83. The minimum Gasteiger partial charge on any atom is -0.465 e. The second-order valence-corrected chi connectivity index (χ2v) is 5.97. The number of hydrogen-bond acceptors (Lipinski definition) is 5. The molecule has 0 saturated heterocycles. The summed E-state index contributed by atoms with van der Waals surface area (Å²) in [6.07, 6.45) is 0. The Morgan fingerprint density at radius 2 is 1.56 bits per heavy atom. The molecular weight excluding hydrogens is 338 g/mol. The lowest BCUT2D eigenvalue weighted by atomic mass is 10.1. The molecule has 0 bridgehead atoms. The molecule has 0 aliphatic rings. The first kappa shape index (κ1) is 16.7. The van der Waals surface area contributed by atoms with Gasteiger partial charge in [-0.05, 0) is 30.3 Å². The van der Waals surface area contributed by atoms with Gasteiger partial charge < -0.3 is 10.1 Å². The van der Waals surface area contributed by atoms with Gasteiger partial charge in [0.15, 0.2) is 0 Å². The van der Waals surface area contributed by atoms with E-state index in [0.29, 0.717) is 11.5 Å². The van der Waals surface area contributed by atoms with Crippen molar-refractivity contribution >= 4 is 28.5 Å². The van der Waals surface area contributed by atoms with Gasteiger partial charge in [-0.3, -0.25) is 0 Å². The summed E-state index contributed by atoms with van der Waals surface area (Å²) in [5.74, 6) is 0.133. The average molecular weight is 355 g/mol. The normalized spacial score (nSPS) is 10.6. The van der Waals surface area contributed by atoms with Gasteiger partial charge in [-0.1, -0.05) is 48.5 Å². The Labute approximate surface area is 156 Å². The number of aromatic nitrogens is 2. The van der Waals surface area contributed by atoms with Gasteiger partial charge in [-0.25, -0.2) is 14.8 Å². The van der Waals surface area contributed by atoms with Crippen LogP contribution in [-0.4, -0.2) is 23.0 Å². The Morgan fingerprint density at radius 3 is 2.30 bits per heavy atom. The fourth-order valence-corrected chi connectivity index (χ4v) is 2.89. The molecule has 1 N–H and O–H groups in total. The van der Waals surface area contributed by atoms with Crippen LogP contribution in [0.5, 0.6) is 0 Å². The van der Waals surface area contributed by atoms with Crippen LogP contribution in [0.4, 0.5) is 11.6 Å². The van der Waals surface area contributed by atoms with Crippen LogP contribution in [0.25, 0.3) is 22.2 Å². The van der Waals surface area contributed by atoms with Gasteiger partial charge in [0.05, 0.1) is 23.9 Å². The van der Waals surface area contributed by atoms with E-state index in [-0.39, 0.29) is 5.97 Å². The number of hydrogen-bond donors (Lipinski definition) is 1. The van der Waals surface area contributed by atoms with E-state index in [4.69, 9.17) is 9.72 Å². The zero-order valence-electron chi connectivity index (χ0n) is 14.7. The van der Waals surface area contributed by atoms with Crippen LogP contribution < -0.4 is 5.32 Å². The average Bonchev–Trinajstić information content (AvgIpc) is 2.74. The highest BCUT2D eigenvalue weighted by Gasteiger charge is 2.10. The third-order valence-electron chi connectivity index (χ3n) is 4.21. The van der Waals surface area contributed by atoms with Crippen molar-refractivity contribution in [2.24, 2.45) is 0 Å². The van der Waals surface area contributed by atoms with Crippen molar-refractivity contribution in [3.05, 3.63) is 84.4 Å². The van der Waals surface area contributed by atoms with Gasteiger partial charge >= 0.3 is 5.97 Å². The smallest absolute Gasteiger partial charge is 0.337 e. The van der Waals surface area contributed by atoms with Gasteiger partial charge in [-0.15, -0.1) is 0 Å². The van der Waals surface area contributed by atoms with E-state index < -0.39 is 0 Å². The minimum atomic E-state index is -0.366. The molecule has 0 unspecified atom stereocenters. The Hall–Kier alpha value is -3.73. The molecule has 3 aromatic carbocycles. The fraction of sp³-hybridized carbons (Fsp3) is 0.0455. The van der Waals surface area contributed by atoms with Crippen LogP contribution in [0.15, 0.2) is 78.9 Å². The van der Waals surface area contributed by atoms with Crippen LogP contribution in [0.2, 0.25) is 0 Å². The molecule has 0 atom stereocenters. The fourth-order valence-electron chi connectivity index (χ4n) is 2.89. The van der Waals surface area contributed by atoms with Crippen molar-refractivity contribution in [2.75, 3.05) is 12.4 Å². The lowest BCUT2D eigenvalue weighted by Crippen LogP contribution is -2.02. The number of nitrogens with one attached hydrogen (secondary N) is 1. The number of ether oxygens (including phenoxy) is 1. The summed E-state index contributed by atoms with van der Waals surface area (Å²) >= 11 is 0. The van der Waals surface area contributed by atoms with Crippen molar-refractivity contribution in [3.63, 3.8) is 0 Å². The summed E-state index contributed by atoms with van der Waals surface area (Å²) in [7, 11) is 1.36. The quantitative estimate of drug-likeness (QED) is 0.531. The molecule has 4 aromatic rings. The SMILES string of the molecule is COC(=O)c1ccc(Nc2nc(-c3ccccc3)c3ccccc3n2)cc1. The van der Waals surface area contributed by atoms with E-state index in [1.54, 1.807) is 24.3 Å². The molecule has 1 heterocycles. The largest absolute Gasteiger partial charge is 0.465 e. The number of benzene rings is 3. The maximum absolute atomic E-state index is 11.6. The third-order valence-corrected chi connectivity index (χ3v) is 4.21. The van der Waals surface area contributed by atoms with Gasteiger partial charge in [0.2, 0.25) is 5.95 Å². The Bertz CT molecular complexity index is 1090. The van der Waals surface area contributed by atoms with Crippen LogP contribution in [0.1, 0.15) is 10.4 Å². The molecule has 4 rings (SSSR count). The van der Waals surface area contributed by atoms with E-state index >= 15 is 0 Å². The molecule has 0 fully saturated rings. The first-order chi connectivity index (χ1) is 13.2. The molecular formula is C22H17N3O2. The van der Waals surface area contributed by atoms with Crippen LogP contribution in [-0.2, 0) is 4.74 Å². The highest BCUT2D eigenvalue weighted by Crippen LogP contribution is 2.28. The van der Waals surface area contributed by atoms with E-state index in [2.05, 4.69) is 10.3 Å². The molecule has 132 valence electrons. The van der Waals surface area contributed by atoms with Gasteiger partial charge in [-0.2, -0.15) is 0 Å². The monoisotopic (exact) mass is 355 g/mol. The zero-order chi connectivity index (χ0) is 18.6. The first-order valence-corrected chi connectivity index (χ1v) is 8.52. The molecule has 5 heteroatoms. The number of para-hydroxylation sites is 1. The van der Waals surface area contributed by atoms with Crippen LogP contribution in [0.3, 0.4) is 0 Å². The molecule has 1 aromatic heterocycles. The number of anilines is 2. The van der Waals surface area contributed by atoms with Crippen molar-refractivity contribution in [3.8, 4) is 11.3 Å². The number of rotatable bonds is 4. The zero-order valence-corrected chi connectivity index (χ0v) is 14.7. The van der Waals surface area contributed by atoms with Crippen molar-refractivity contribution in [2.45, 2.75) is 0 Å². The highest BCUT2D eigenvalue weighted by atomic mass is 16.5. The number of fused-ring (bicyclic) bond motifs is 1. The molecule has 0 aliphatic carbocycles. The molecule has 0 radical (unpaired) electrons. The van der Waals surface area contributed by atoms with E-state index in [9.17, 15) is 4.79 Å². The van der Waals surface area contributed by atoms with E-state index in [1.165, 1.54) is 7.11 Å². The van der Waals surface area contributed by atoms with Gasteiger partial charge in [0.25, 0.3) is 0 Å². The number of methoxy groups -OCH3 is 1. The molecule has 0 aliphatic heterocycles. The molecule has 0 amide bonds. The molecule has 27 heavy (non-hydrogen) atoms. The summed E-state index contributed by atoms with van der Waals surface area (Å²) in [6.45, 7) is 0. The van der Waals surface area contributed by atoms with E-state index in [1.807, 2.05) is 54.6 Å². The topological polar surface area (TPSA) is 64.1 Å². The first-order valence-electron chi connectivity index (χ1n) is 8.52. The number of carbonyl (C=O) groups excluding carboxylic acids is 1. The summed E-state index contributed by atoms with van der Waals surface area (Å²) in [5.41, 5.74) is 4.04. The summed E-state index contributed by atoms with van der Waals surface area (Å²) in [4.78, 5) is 20.9. The van der Waals surface area contributed by atoms with Gasteiger partial charge in [0, 0.05) is 16.6 Å². The Balaban J connectivity index is 1.73. The molecule has 0 spiro atoms. The molecule has 5 nitrogen and oxygen atoms in total. The van der Waals surface area contributed by atoms with Crippen molar-refractivity contribution in [1.29, 1.82) is 0 Å². The second-order valence-electron chi connectivity index (χ2n) is 5.97. The minimum absolute atomic E-state index is 0.366. The maximum atomic E-state index is 11.6. The predicted molar refractivity (Wildman–Crippen MR) is 106 cm³/mol. The number of carbonyl (C=O) groups is 1. The van der Waals surface area contributed by atoms with Crippen LogP contribution >= 0.6 is 0 Å². The van der Waals surface area contributed by atoms with Gasteiger partial charge in [0.1, 0.15) is 0 Å². The molecule has 0 saturated carbocycles. The summed E-state index contributed by atoms with van der Waals surface area (Å²) < 4.78 is 4.72. The summed E-state index contributed by atoms with van der Waals surface area (Å²) in [6, 6.07) is 25.0. The number of nitrogens with zero attached hydrogens (tertiary/aromatic N) is 2. The second kappa shape index (κ2) is 7.25. The third kappa shape index (κ3) is 3.48. The van der Waals surface area contributed by atoms with Crippen molar-refractivity contribution in [1.82, 2.24) is 9.97 Å². The maximum Gasteiger partial charge on any atom is 0.337 e. The highest BCUT2D eigenvalue weighted by molar-refractivity contribution is 5.93. The Morgan fingerprint density at radius 1 is 0.852 bits per heavy atom. The lowest BCUT2D eigenvalue weighted by molar-refractivity contribution is 0.0601.